The molecule has 4 amide bonds. The third-order valence-electron chi connectivity index (χ3n) is 4.94. The molecule has 1 rings (SSSR count). The summed E-state index contributed by atoms with van der Waals surface area (Å²) in [6.07, 6.45) is 2.26. The number of nitrogens with one attached hydrogen (secondary N) is 4. The number of nitrogens with zero attached hydrogens (tertiary/aromatic N) is 1. The van der Waals surface area contributed by atoms with Gasteiger partial charge in [-0.25, -0.2) is 9.78 Å². The zero-order chi connectivity index (χ0) is 27.3. The number of H-pyrrole nitrogens is 1. The van der Waals surface area contributed by atoms with Crippen molar-refractivity contribution in [2.24, 2.45) is 17.2 Å². The lowest BCUT2D eigenvalue weighted by atomic mass is 10.1. The molecule has 0 aliphatic rings. The maximum Gasteiger partial charge on any atom is 0.326 e. The van der Waals surface area contributed by atoms with E-state index in [1.807, 2.05) is 0 Å². The van der Waals surface area contributed by atoms with Gasteiger partial charge >= 0.3 is 11.9 Å². The Bertz CT molecular complexity index is 923. The van der Waals surface area contributed by atoms with Gasteiger partial charge in [0.25, 0.3) is 0 Å². The topological polar surface area (TPSA) is 286 Å². The van der Waals surface area contributed by atoms with Gasteiger partial charge in [0, 0.05) is 18.3 Å². The predicted octanol–water partition coefficient (Wildman–Crippen LogP) is -3.70. The van der Waals surface area contributed by atoms with E-state index < -0.39 is 72.6 Å². The molecule has 0 saturated heterocycles. The van der Waals surface area contributed by atoms with Gasteiger partial charge in [-0.3, -0.25) is 24.0 Å². The molecule has 0 bridgehead atoms. The summed E-state index contributed by atoms with van der Waals surface area (Å²) in [5.74, 6) is -6.48. The Morgan fingerprint density at radius 1 is 0.917 bits per heavy atom. The van der Waals surface area contributed by atoms with E-state index >= 15 is 0 Å². The van der Waals surface area contributed by atoms with Gasteiger partial charge in [0.2, 0.25) is 23.6 Å². The van der Waals surface area contributed by atoms with Crippen molar-refractivity contribution in [1.29, 1.82) is 0 Å². The number of rotatable bonds is 17. The number of primary amides is 1. The number of aromatic amines is 1. The fourth-order valence-corrected chi connectivity index (χ4v) is 3.09. The second-order valence-electron chi connectivity index (χ2n) is 7.96. The van der Waals surface area contributed by atoms with Crippen molar-refractivity contribution in [1.82, 2.24) is 25.9 Å². The Morgan fingerprint density at radius 3 is 2.06 bits per heavy atom. The molecule has 4 atom stereocenters. The summed E-state index contributed by atoms with van der Waals surface area (Å²) in [7, 11) is 0. The SMILES string of the molecule is NCCCCC(NC(=O)C(Cc1cnc[nH]1)NC(=O)C(CC(N)=O)NC(=O)C(N)CC(=O)O)C(=O)O. The number of imidazole rings is 1. The third kappa shape index (κ3) is 10.9. The number of carbonyl (C=O) groups excluding carboxylic acids is 4. The van der Waals surface area contributed by atoms with Crippen molar-refractivity contribution in [2.75, 3.05) is 6.54 Å². The number of carboxylic acids is 2. The number of carboxylic acid groups (broad SMARTS) is 2. The Labute approximate surface area is 205 Å². The molecule has 1 heterocycles. The molecule has 0 aromatic carbocycles. The number of aliphatic carboxylic acids is 2. The number of aromatic nitrogens is 2. The smallest absolute Gasteiger partial charge is 0.326 e. The van der Waals surface area contributed by atoms with E-state index in [0.29, 0.717) is 25.1 Å². The number of unbranched alkanes of at least 4 members (excludes halogenated alkanes) is 1. The van der Waals surface area contributed by atoms with E-state index in [9.17, 15) is 33.9 Å². The second-order valence-corrected chi connectivity index (χ2v) is 7.96. The minimum atomic E-state index is -1.58. The minimum absolute atomic E-state index is 0.102. The van der Waals surface area contributed by atoms with Crippen molar-refractivity contribution in [3.05, 3.63) is 18.2 Å². The van der Waals surface area contributed by atoms with Gasteiger partial charge in [0.05, 0.1) is 25.2 Å². The van der Waals surface area contributed by atoms with E-state index in [2.05, 4.69) is 25.9 Å². The van der Waals surface area contributed by atoms with Crippen LogP contribution in [-0.2, 0) is 35.2 Å². The van der Waals surface area contributed by atoms with Crippen LogP contribution in [0.5, 0.6) is 0 Å². The Balaban J connectivity index is 3.05. The molecular formula is C20H32N8O8. The Kier molecular flexibility index (Phi) is 12.5. The van der Waals surface area contributed by atoms with Crippen molar-refractivity contribution in [3.8, 4) is 0 Å². The molecule has 0 fully saturated rings. The summed E-state index contributed by atoms with van der Waals surface area (Å²) < 4.78 is 0. The molecule has 0 aliphatic heterocycles. The summed E-state index contributed by atoms with van der Waals surface area (Å²) in [5, 5.41) is 25.1. The minimum Gasteiger partial charge on any atom is -0.481 e. The highest BCUT2D eigenvalue weighted by atomic mass is 16.4. The van der Waals surface area contributed by atoms with E-state index in [1.54, 1.807) is 0 Å². The van der Waals surface area contributed by atoms with Crippen molar-refractivity contribution in [2.45, 2.75) is 62.7 Å². The lowest BCUT2D eigenvalue weighted by molar-refractivity contribution is -0.142. The summed E-state index contributed by atoms with van der Waals surface area (Å²) in [6, 6.07) is -5.68. The van der Waals surface area contributed by atoms with Crippen LogP contribution in [0, 0.1) is 0 Å². The quantitative estimate of drug-likeness (QED) is 0.0915. The number of hydrogen-bond donors (Lipinski definition) is 9. The number of hydrogen-bond acceptors (Lipinski definition) is 9. The molecule has 1 aromatic rings. The number of carbonyl (C=O) groups is 6. The monoisotopic (exact) mass is 512 g/mol. The summed E-state index contributed by atoms with van der Waals surface area (Å²) in [6.45, 7) is 0.349. The van der Waals surface area contributed by atoms with Crippen LogP contribution in [0.3, 0.4) is 0 Å². The molecule has 200 valence electrons. The molecule has 0 spiro atoms. The zero-order valence-corrected chi connectivity index (χ0v) is 19.4. The lowest BCUT2D eigenvalue weighted by Crippen LogP contribution is -2.58. The second kappa shape index (κ2) is 15.0. The van der Waals surface area contributed by atoms with Crippen LogP contribution in [-0.4, -0.2) is 86.5 Å². The van der Waals surface area contributed by atoms with Crippen LogP contribution < -0.4 is 33.2 Å². The standard InChI is InChI=1S/C20H32N8O8/c21-4-2-1-3-12(20(35)36)26-18(33)13(5-10-8-24-9-25-10)28-19(34)14(7-15(23)29)27-17(32)11(22)6-16(30)31/h8-9,11-14H,1-7,21-22H2,(H2,23,29)(H,24,25)(H,26,33)(H,27,32)(H,28,34)(H,30,31)(H,35,36). The predicted molar refractivity (Wildman–Crippen MR) is 123 cm³/mol. The Morgan fingerprint density at radius 2 is 1.53 bits per heavy atom. The Hall–Kier alpha value is -4.05. The third-order valence-corrected chi connectivity index (χ3v) is 4.94. The van der Waals surface area contributed by atoms with E-state index in [-0.39, 0.29) is 12.8 Å². The first kappa shape index (κ1) is 30.0. The highest BCUT2D eigenvalue weighted by Gasteiger charge is 2.31. The highest BCUT2D eigenvalue weighted by molar-refractivity contribution is 5.96. The zero-order valence-electron chi connectivity index (χ0n) is 19.4. The first-order valence-electron chi connectivity index (χ1n) is 11.0. The normalized spacial score (nSPS) is 14.1. The van der Waals surface area contributed by atoms with Gasteiger partial charge in [-0.2, -0.15) is 0 Å². The molecule has 36 heavy (non-hydrogen) atoms. The van der Waals surface area contributed by atoms with E-state index in [0.717, 1.165) is 0 Å². The first-order chi connectivity index (χ1) is 16.9. The molecule has 0 aliphatic carbocycles. The van der Waals surface area contributed by atoms with Gasteiger partial charge < -0.3 is 48.3 Å². The largest absolute Gasteiger partial charge is 0.481 e. The van der Waals surface area contributed by atoms with Crippen molar-refractivity contribution >= 4 is 35.6 Å². The van der Waals surface area contributed by atoms with Crippen molar-refractivity contribution in [3.63, 3.8) is 0 Å². The first-order valence-corrected chi connectivity index (χ1v) is 11.0. The van der Waals surface area contributed by atoms with Crippen LogP contribution in [0.2, 0.25) is 0 Å². The maximum absolute atomic E-state index is 12.9. The average molecular weight is 513 g/mol. The summed E-state index contributed by atoms with van der Waals surface area (Å²) >= 11 is 0. The molecule has 16 heteroatoms. The molecule has 0 radical (unpaired) electrons. The van der Waals surface area contributed by atoms with Crippen LogP contribution in [0.4, 0.5) is 0 Å². The van der Waals surface area contributed by atoms with E-state index in [4.69, 9.17) is 22.3 Å². The summed E-state index contributed by atoms with van der Waals surface area (Å²) in [4.78, 5) is 78.4. The van der Waals surface area contributed by atoms with Gasteiger partial charge in [0.1, 0.15) is 18.1 Å². The van der Waals surface area contributed by atoms with Crippen LogP contribution in [0.15, 0.2) is 12.5 Å². The van der Waals surface area contributed by atoms with Gasteiger partial charge in [0.15, 0.2) is 0 Å². The molecule has 4 unspecified atom stereocenters. The number of nitrogens with two attached hydrogens (primary N) is 3. The van der Waals surface area contributed by atoms with Crippen LogP contribution in [0.1, 0.15) is 37.8 Å². The van der Waals surface area contributed by atoms with E-state index in [1.165, 1.54) is 12.5 Å². The van der Waals surface area contributed by atoms with Gasteiger partial charge in [-0.1, -0.05) is 0 Å². The fraction of sp³-hybridized carbons (Fsp3) is 0.550. The molecule has 0 saturated carbocycles. The maximum atomic E-state index is 12.9. The molecule has 16 nitrogen and oxygen atoms in total. The molecule has 12 N–H and O–H groups in total. The molecule has 1 aromatic heterocycles. The molecular weight excluding hydrogens is 480 g/mol. The van der Waals surface area contributed by atoms with Gasteiger partial charge in [-0.15, -0.1) is 0 Å². The highest BCUT2D eigenvalue weighted by Crippen LogP contribution is 2.05. The van der Waals surface area contributed by atoms with Gasteiger partial charge in [-0.05, 0) is 25.8 Å². The average Bonchev–Trinajstić information content (AvgIpc) is 3.29. The summed E-state index contributed by atoms with van der Waals surface area (Å²) in [5.41, 5.74) is 16.5. The van der Waals surface area contributed by atoms with Crippen LogP contribution >= 0.6 is 0 Å². The lowest BCUT2D eigenvalue weighted by Gasteiger charge is -2.24. The fourth-order valence-electron chi connectivity index (χ4n) is 3.09. The van der Waals surface area contributed by atoms with Crippen LogP contribution in [0.25, 0.3) is 0 Å². The number of amides is 4. The van der Waals surface area contributed by atoms with Crippen molar-refractivity contribution < 1.29 is 39.0 Å².